The van der Waals surface area contributed by atoms with E-state index in [1.165, 1.54) is 0 Å². The van der Waals surface area contributed by atoms with E-state index in [9.17, 15) is 9.35 Å². The van der Waals surface area contributed by atoms with Crippen LogP contribution in [0.4, 0.5) is 4.79 Å². The Bertz CT molecular complexity index is 497. The molecule has 0 aromatic carbocycles. The number of carbonyl (C=O) groups excluding carboxylic acids is 1. The normalized spacial score (nSPS) is 34.9. The van der Waals surface area contributed by atoms with Crippen molar-refractivity contribution in [1.29, 1.82) is 0 Å². The van der Waals surface area contributed by atoms with E-state index in [-0.39, 0.29) is 28.4 Å². The maximum absolute atomic E-state index is 12.5. The molecule has 0 aromatic rings. The Morgan fingerprint density at radius 3 is 2.54 bits per heavy atom. The van der Waals surface area contributed by atoms with Crippen LogP contribution < -0.4 is 4.72 Å². The van der Waals surface area contributed by atoms with Gasteiger partial charge in [-0.25, -0.2) is 4.79 Å². The highest BCUT2D eigenvalue weighted by molar-refractivity contribution is 7.90. The molecule has 1 unspecified atom stereocenters. The first-order valence-corrected chi connectivity index (χ1v) is 9.95. The van der Waals surface area contributed by atoms with E-state index in [1.54, 1.807) is 4.90 Å². The van der Waals surface area contributed by atoms with Crippen molar-refractivity contribution in [2.45, 2.75) is 76.4 Å². The molecule has 0 aromatic heterocycles. The largest absolute Gasteiger partial charge is 0.598 e. The molecule has 3 heterocycles. The standard InChI is InChI=1S/C17H30N2O4S/c1-15(2,3)23-14(20)19-8-6-17(7-9-19)11-22-12-10-16(4,5)24(21)18-13(12)17/h12-13,18H,6-11H2,1-5H3/t12-,13-,24?/m1/s1. The van der Waals surface area contributed by atoms with Gasteiger partial charge in [-0.05, 0) is 47.5 Å². The first-order valence-electron chi connectivity index (χ1n) is 8.80. The fraction of sp³-hybridized carbons (Fsp3) is 0.941. The van der Waals surface area contributed by atoms with E-state index < -0.39 is 17.0 Å². The number of nitrogens with zero attached hydrogens (tertiary/aromatic N) is 1. The third-order valence-corrected chi connectivity index (χ3v) is 7.09. The fourth-order valence-corrected chi connectivity index (χ4v) is 5.25. The molecule has 3 rings (SSSR count). The predicted octanol–water partition coefficient (Wildman–Crippen LogP) is 2.21. The van der Waals surface area contributed by atoms with Crippen molar-refractivity contribution in [1.82, 2.24) is 9.62 Å². The summed E-state index contributed by atoms with van der Waals surface area (Å²) < 4.78 is 27.1. The van der Waals surface area contributed by atoms with Gasteiger partial charge in [-0.1, -0.05) is 0 Å². The van der Waals surface area contributed by atoms with Crippen LogP contribution in [0.1, 0.15) is 53.9 Å². The molecule has 7 heteroatoms. The van der Waals surface area contributed by atoms with Crippen molar-refractivity contribution < 1.29 is 18.8 Å². The highest BCUT2D eigenvalue weighted by Crippen LogP contribution is 2.47. The highest BCUT2D eigenvalue weighted by atomic mass is 32.2. The average molecular weight is 359 g/mol. The van der Waals surface area contributed by atoms with Crippen LogP contribution in [0.3, 0.4) is 0 Å². The van der Waals surface area contributed by atoms with Crippen LogP contribution in [0.5, 0.6) is 0 Å². The van der Waals surface area contributed by atoms with E-state index in [0.717, 1.165) is 19.3 Å². The molecule has 1 spiro atoms. The molecule has 1 amide bonds. The molecule has 0 bridgehead atoms. The minimum atomic E-state index is -1.06. The number of nitrogens with one attached hydrogen (secondary N) is 1. The van der Waals surface area contributed by atoms with Crippen LogP contribution >= 0.6 is 0 Å². The van der Waals surface area contributed by atoms with E-state index in [4.69, 9.17) is 9.47 Å². The van der Waals surface area contributed by atoms with Crippen LogP contribution in [-0.2, 0) is 20.8 Å². The number of ether oxygens (including phenoxy) is 2. The third-order valence-electron chi connectivity index (χ3n) is 5.46. The second kappa shape index (κ2) is 6.04. The summed E-state index contributed by atoms with van der Waals surface area (Å²) in [5.74, 6) is 0. The first-order chi connectivity index (χ1) is 11.0. The molecule has 3 atom stereocenters. The van der Waals surface area contributed by atoms with Gasteiger partial charge >= 0.3 is 6.09 Å². The lowest BCUT2D eigenvalue weighted by Gasteiger charge is -2.46. The maximum atomic E-state index is 12.5. The molecule has 3 saturated heterocycles. The molecule has 0 radical (unpaired) electrons. The number of amides is 1. The minimum absolute atomic E-state index is 0.0185. The number of fused-ring (bicyclic) bond motifs is 2. The van der Waals surface area contributed by atoms with E-state index >= 15 is 0 Å². The average Bonchev–Trinajstić information content (AvgIpc) is 2.76. The van der Waals surface area contributed by atoms with Crippen molar-refractivity contribution in [3.05, 3.63) is 0 Å². The number of piperidine rings is 1. The first kappa shape index (κ1) is 18.3. The zero-order valence-corrected chi connectivity index (χ0v) is 16.2. The van der Waals surface area contributed by atoms with E-state index in [2.05, 4.69) is 4.72 Å². The summed E-state index contributed by atoms with van der Waals surface area (Å²) in [6.07, 6.45) is 2.41. The summed E-state index contributed by atoms with van der Waals surface area (Å²) in [4.78, 5) is 14.0. The molecule has 24 heavy (non-hydrogen) atoms. The molecule has 0 saturated carbocycles. The van der Waals surface area contributed by atoms with Gasteiger partial charge in [0.25, 0.3) is 0 Å². The van der Waals surface area contributed by atoms with Crippen molar-refractivity contribution in [3.8, 4) is 0 Å². The summed E-state index contributed by atoms with van der Waals surface area (Å²) in [5, 5.41) is 0. The number of rotatable bonds is 0. The summed E-state index contributed by atoms with van der Waals surface area (Å²) in [6, 6.07) is 0.118. The molecule has 1 N–H and O–H groups in total. The van der Waals surface area contributed by atoms with Crippen LogP contribution in [0.15, 0.2) is 0 Å². The number of carbonyl (C=O) groups is 1. The smallest absolute Gasteiger partial charge is 0.410 e. The predicted molar refractivity (Wildman–Crippen MR) is 93.0 cm³/mol. The second-order valence-electron chi connectivity index (χ2n) is 9.01. The Balaban J connectivity index is 1.63. The lowest BCUT2D eigenvalue weighted by Crippen LogP contribution is -2.62. The lowest BCUT2D eigenvalue weighted by atomic mass is 9.72. The van der Waals surface area contributed by atoms with Gasteiger partial charge in [-0.2, -0.15) is 0 Å². The topological polar surface area (TPSA) is 73.9 Å². The Kier molecular flexibility index (Phi) is 4.60. The highest BCUT2D eigenvalue weighted by Gasteiger charge is 2.58. The van der Waals surface area contributed by atoms with Crippen molar-refractivity contribution in [2.24, 2.45) is 5.41 Å². The molecule has 0 aliphatic carbocycles. The van der Waals surface area contributed by atoms with E-state index in [1.807, 2.05) is 34.6 Å². The Labute approximate surface area is 147 Å². The van der Waals surface area contributed by atoms with Crippen molar-refractivity contribution in [3.63, 3.8) is 0 Å². The molecular weight excluding hydrogens is 328 g/mol. The maximum Gasteiger partial charge on any atom is 0.410 e. The fourth-order valence-electron chi connectivity index (χ4n) is 3.98. The molecule has 138 valence electrons. The summed E-state index contributed by atoms with van der Waals surface area (Å²) in [7, 11) is 0. The zero-order chi connectivity index (χ0) is 17.8. The van der Waals surface area contributed by atoms with Crippen molar-refractivity contribution >= 4 is 17.5 Å². The number of likely N-dealkylation sites (tertiary alicyclic amines) is 1. The Morgan fingerprint density at radius 2 is 1.96 bits per heavy atom. The van der Waals surface area contributed by atoms with Crippen LogP contribution in [-0.4, -0.2) is 57.7 Å². The van der Waals surface area contributed by atoms with Gasteiger partial charge in [0.05, 0.1) is 18.8 Å². The summed E-state index contributed by atoms with van der Waals surface area (Å²) in [5.41, 5.74) is -0.490. The van der Waals surface area contributed by atoms with Gasteiger partial charge in [0.1, 0.15) is 10.3 Å². The molecular formula is C17H30N2O4S. The molecule has 3 fully saturated rings. The molecule has 6 nitrogen and oxygen atoms in total. The molecule has 3 aliphatic rings. The lowest BCUT2D eigenvalue weighted by molar-refractivity contribution is 0.00646. The quantitative estimate of drug-likeness (QED) is 0.672. The SMILES string of the molecule is CC(C)(C)OC(=O)N1CCC2(CC1)CO[C@@H]1CC(C)(C)[S+]([O-])N[C@H]12. The van der Waals surface area contributed by atoms with Gasteiger partial charge in [-0.15, -0.1) is 4.72 Å². The Hall–Kier alpha value is -0.500. The molecule has 3 aliphatic heterocycles. The number of hydrogen-bond donors (Lipinski definition) is 1. The van der Waals surface area contributed by atoms with Gasteiger partial charge < -0.3 is 18.9 Å². The van der Waals surface area contributed by atoms with Gasteiger partial charge in [0, 0.05) is 36.3 Å². The van der Waals surface area contributed by atoms with Gasteiger partial charge in [-0.3, -0.25) is 0 Å². The van der Waals surface area contributed by atoms with E-state index in [0.29, 0.717) is 19.7 Å². The monoisotopic (exact) mass is 358 g/mol. The van der Waals surface area contributed by atoms with Crippen LogP contribution in [0.25, 0.3) is 0 Å². The van der Waals surface area contributed by atoms with Crippen LogP contribution in [0, 0.1) is 5.41 Å². The van der Waals surface area contributed by atoms with Crippen molar-refractivity contribution in [2.75, 3.05) is 19.7 Å². The summed E-state index contributed by atoms with van der Waals surface area (Å²) >= 11 is -1.06. The second-order valence-corrected chi connectivity index (χ2v) is 10.9. The van der Waals surface area contributed by atoms with Gasteiger partial charge in [0.2, 0.25) is 0 Å². The van der Waals surface area contributed by atoms with Gasteiger partial charge in [0.15, 0.2) is 0 Å². The Morgan fingerprint density at radius 1 is 1.33 bits per heavy atom. The van der Waals surface area contributed by atoms with Crippen LogP contribution in [0.2, 0.25) is 0 Å². The minimum Gasteiger partial charge on any atom is -0.598 e. The zero-order valence-electron chi connectivity index (χ0n) is 15.4. The summed E-state index contributed by atoms with van der Waals surface area (Å²) in [6.45, 7) is 11.7. The number of hydrogen-bond acceptors (Lipinski definition) is 5. The third kappa shape index (κ3) is 3.41.